The Balaban J connectivity index is 0.000000325. The average Bonchev–Trinajstić information content (AvgIpc) is 2.22. The van der Waals surface area contributed by atoms with Crippen molar-refractivity contribution in [1.29, 1.82) is 0 Å². The summed E-state index contributed by atoms with van der Waals surface area (Å²) in [7, 11) is 0. The lowest BCUT2D eigenvalue weighted by molar-refractivity contribution is -0.138. The Labute approximate surface area is 94.7 Å². The molecule has 5 nitrogen and oxygen atoms in total. The summed E-state index contributed by atoms with van der Waals surface area (Å²) in [6.07, 6.45) is 0.875. The maximum absolute atomic E-state index is 9.57. The van der Waals surface area contributed by atoms with E-state index in [1.807, 2.05) is 12.1 Å². The molecule has 0 aromatic heterocycles. The van der Waals surface area contributed by atoms with E-state index in [9.17, 15) is 4.79 Å². The molecule has 1 rings (SSSR count). The van der Waals surface area contributed by atoms with Crippen LogP contribution in [-0.4, -0.2) is 28.8 Å². The van der Waals surface area contributed by atoms with Crippen LogP contribution in [0.25, 0.3) is 0 Å². The average molecular weight is 226 g/mol. The SMILES string of the molecule is C[C@H](N)C(=O)O.NCCc1ccc(O)cc1. The lowest BCUT2D eigenvalue weighted by atomic mass is 10.1. The van der Waals surface area contributed by atoms with Gasteiger partial charge in [0.2, 0.25) is 0 Å². The quantitative estimate of drug-likeness (QED) is 0.593. The van der Waals surface area contributed by atoms with Crippen LogP contribution in [0.15, 0.2) is 24.3 Å². The molecule has 90 valence electrons. The number of carboxylic acids is 1. The maximum Gasteiger partial charge on any atom is 0.320 e. The van der Waals surface area contributed by atoms with Crippen LogP contribution in [0.1, 0.15) is 12.5 Å². The molecular weight excluding hydrogens is 208 g/mol. The summed E-state index contributed by atoms with van der Waals surface area (Å²) in [4.78, 5) is 9.57. The molecule has 0 bridgehead atoms. The van der Waals surface area contributed by atoms with E-state index in [2.05, 4.69) is 0 Å². The van der Waals surface area contributed by atoms with Crippen LogP contribution in [0, 0.1) is 0 Å². The molecule has 1 aromatic rings. The zero-order chi connectivity index (χ0) is 12.6. The normalized spacial score (nSPS) is 11.2. The van der Waals surface area contributed by atoms with Crippen LogP contribution in [0.4, 0.5) is 0 Å². The second-order valence-corrected chi connectivity index (χ2v) is 3.33. The molecule has 5 heteroatoms. The van der Waals surface area contributed by atoms with Crippen molar-refractivity contribution in [2.24, 2.45) is 11.5 Å². The van der Waals surface area contributed by atoms with Gasteiger partial charge in [0.25, 0.3) is 0 Å². The number of aliphatic carboxylic acids is 1. The summed E-state index contributed by atoms with van der Waals surface area (Å²) in [6.45, 7) is 2.08. The van der Waals surface area contributed by atoms with Crippen LogP contribution in [0.5, 0.6) is 5.75 Å². The third-order valence-electron chi connectivity index (χ3n) is 1.76. The summed E-state index contributed by atoms with van der Waals surface area (Å²) in [6, 6.07) is 6.37. The highest BCUT2D eigenvalue weighted by Crippen LogP contribution is 2.09. The highest BCUT2D eigenvalue weighted by atomic mass is 16.4. The Hall–Kier alpha value is -1.59. The molecule has 0 aliphatic heterocycles. The first-order valence-electron chi connectivity index (χ1n) is 4.93. The monoisotopic (exact) mass is 226 g/mol. The number of nitrogens with two attached hydrogens (primary N) is 2. The van der Waals surface area contributed by atoms with Gasteiger partial charge in [-0.05, 0) is 37.6 Å². The molecule has 1 atom stereocenters. The Bertz CT molecular complexity index is 310. The predicted octanol–water partition coefficient (Wildman–Crippen LogP) is 0.312. The van der Waals surface area contributed by atoms with Crippen molar-refractivity contribution in [3.05, 3.63) is 29.8 Å². The van der Waals surface area contributed by atoms with E-state index < -0.39 is 12.0 Å². The number of carbonyl (C=O) groups is 1. The maximum atomic E-state index is 9.57. The molecule has 0 radical (unpaired) electrons. The van der Waals surface area contributed by atoms with Gasteiger partial charge in [0.15, 0.2) is 0 Å². The van der Waals surface area contributed by atoms with Gasteiger partial charge in [-0.3, -0.25) is 4.79 Å². The predicted molar refractivity (Wildman–Crippen MR) is 62.2 cm³/mol. The van der Waals surface area contributed by atoms with Crippen molar-refractivity contribution in [2.75, 3.05) is 6.54 Å². The molecule has 16 heavy (non-hydrogen) atoms. The van der Waals surface area contributed by atoms with E-state index in [0.717, 1.165) is 6.42 Å². The van der Waals surface area contributed by atoms with E-state index in [-0.39, 0.29) is 0 Å². The van der Waals surface area contributed by atoms with E-state index in [4.69, 9.17) is 21.7 Å². The van der Waals surface area contributed by atoms with Crippen molar-refractivity contribution < 1.29 is 15.0 Å². The summed E-state index contributed by atoms with van der Waals surface area (Å²) in [5.41, 5.74) is 11.3. The largest absolute Gasteiger partial charge is 0.508 e. The Kier molecular flexibility index (Phi) is 6.91. The van der Waals surface area contributed by atoms with Crippen LogP contribution in [-0.2, 0) is 11.2 Å². The number of phenolic OH excluding ortho intramolecular Hbond substituents is 1. The van der Waals surface area contributed by atoms with Crippen molar-refractivity contribution in [3.8, 4) is 5.75 Å². The summed E-state index contributed by atoms with van der Waals surface area (Å²) < 4.78 is 0. The number of phenols is 1. The zero-order valence-electron chi connectivity index (χ0n) is 9.26. The molecule has 0 aliphatic carbocycles. The van der Waals surface area contributed by atoms with E-state index in [1.165, 1.54) is 12.5 Å². The second kappa shape index (κ2) is 7.67. The number of carboxylic acid groups (broad SMARTS) is 1. The van der Waals surface area contributed by atoms with Gasteiger partial charge in [-0.25, -0.2) is 0 Å². The van der Waals surface area contributed by atoms with Gasteiger partial charge in [0, 0.05) is 0 Å². The topological polar surface area (TPSA) is 110 Å². The molecule has 0 fully saturated rings. The van der Waals surface area contributed by atoms with Crippen LogP contribution < -0.4 is 11.5 Å². The minimum Gasteiger partial charge on any atom is -0.508 e. The Morgan fingerprint density at radius 3 is 2.12 bits per heavy atom. The third kappa shape index (κ3) is 6.80. The van der Waals surface area contributed by atoms with Crippen molar-refractivity contribution in [3.63, 3.8) is 0 Å². The van der Waals surface area contributed by atoms with Gasteiger partial charge in [0.05, 0.1) is 0 Å². The number of hydrogen-bond donors (Lipinski definition) is 4. The fourth-order valence-corrected chi connectivity index (χ4v) is 0.829. The lowest BCUT2D eigenvalue weighted by Gasteiger charge is -1.96. The minimum atomic E-state index is -0.963. The molecular formula is C11H18N2O3. The Morgan fingerprint density at radius 1 is 1.38 bits per heavy atom. The fourth-order valence-electron chi connectivity index (χ4n) is 0.829. The lowest BCUT2D eigenvalue weighted by Crippen LogP contribution is -2.25. The van der Waals surface area contributed by atoms with Crippen molar-refractivity contribution in [1.82, 2.24) is 0 Å². The molecule has 0 heterocycles. The van der Waals surface area contributed by atoms with E-state index >= 15 is 0 Å². The van der Waals surface area contributed by atoms with Gasteiger partial charge in [-0.2, -0.15) is 0 Å². The number of benzene rings is 1. The van der Waals surface area contributed by atoms with Gasteiger partial charge in [-0.15, -0.1) is 0 Å². The van der Waals surface area contributed by atoms with Gasteiger partial charge >= 0.3 is 5.97 Å². The van der Waals surface area contributed by atoms with Crippen LogP contribution >= 0.6 is 0 Å². The molecule has 1 aromatic carbocycles. The molecule has 0 saturated carbocycles. The first-order chi connectivity index (χ1) is 7.47. The first-order valence-corrected chi connectivity index (χ1v) is 4.93. The van der Waals surface area contributed by atoms with Crippen molar-refractivity contribution >= 4 is 5.97 Å². The summed E-state index contributed by atoms with van der Waals surface area (Å²) in [5.74, 6) is -0.657. The number of hydrogen-bond acceptors (Lipinski definition) is 4. The van der Waals surface area contributed by atoms with E-state index in [1.54, 1.807) is 12.1 Å². The second-order valence-electron chi connectivity index (χ2n) is 3.33. The number of aromatic hydroxyl groups is 1. The van der Waals surface area contributed by atoms with Gasteiger partial charge in [-0.1, -0.05) is 12.1 Å². The van der Waals surface area contributed by atoms with Crippen LogP contribution in [0.3, 0.4) is 0 Å². The highest BCUT2D eigenvalue weighted by Gasteiger charge is 1.99. The van der Waals surface area contributed by atoms with E-state index in [0.29, 0.717) is 12.3 Å². The van der Waals surface area contributed by atoms with Crippen LogP contribution in [0.2, 0.25) is 0 Å². The Morgan fingerprint density at radius 2 is 1.81 bits per heavy atom. The molecule has 0 aliphatic rings. The third-order valence-corrected chi connectivity index (χ3v) is 1.76. The number of rotatable bonds is 3. The zero-order valence-corrected chi connectivity index (χ0v) is 9.26. The van der Waals surface area contributed by atoms with Crippen molar-refractivity contribution in [2.45, 2.75) is 19.4 Å². The molecule has 0 saturated heterocycles. The molecule has 0 amide bonds. The fraction of sp³-hybridized carbons (Fsp3) is 0.364. The van der Waals surface area contributed by atoms with Gasteiger partial charge in [0.1, 0.15) is 11.8 Å². The smallest absolute Gasteiger partial charge is 0.320 e. The summed E-state index contributed by atoms with van der Waals surface area (Å²) >= 11 is 0. The summed E-state index contributed by atoms with van der Waals surface area (Å²) in [5, 5.41) is 16.8. The standard InChI is InChI=1S/C8H11NO.C3H7NO2/c9-6-5-7-1-3-8(10)4-2-7;1-2(4)3(5)6/h1-4,10H,5-6,9H2;2H,4H2,1H3,(H,5,6)/t;2-/m.0/s1. The first kappa shape index (κ1) is 14.4. The van der Waals surface area contributed by atoms with Gasteiger partial charge < -0.3 is 21.7 Å². The molecule has 0 unspecified atom stereocenters. The molecule has 0 spiro atoms. The minimum absolute atomic E-state index is 0.306. The highest BCUT2D eigenvalue weighted by molar-refractivity contribution is 5.72. The molecule has 6 N–H and O–H groups in total.